The van der Waals surface area contributed by atoms with Crippen molar-refractivity contribution in [3.8, 4) is 0 Å². The standard InChI is InChI=1S/C20H26N4OS/c1-5-16-14(3)26-19(24-16)10-11-22-20(21-4)23-12-18-13(2)15-8-6-7-9-17(15)25-18/h6-9H,5,10-12H2,1-4H3,(H2,21,22,23). The van der Waals surface area contributed by atoms with E-state index in [4.69, 9.17) is 4.42 Å². The maximum absolute atomic E-state index is 5.94. The summed E-state index contributed by atoms with van der Waals surface area (Å²) < 4.78 is 5.94. The predicted molar refractivity (Wildman–Crippen MR) is 109 cm³/mol. The zero-order valence-corrected chi connectivity index (χ0v) is 16.7. The smallest absolute Gasteiger partial charge is 0.191 e. The fourth-order valence-corrected chi connectivity index (χ4v) is 4.01. The van der Waals surface area contributed by atoms with Gasteiger partial charge in [0.2, 0.25) is 0 Å². The molecule has 0 atom stereocenters. The average Bonchev–Trinajstić information content (AvgIpc) is 3.17. The van der Waals surface area contributed by atoms with Crippen molar-refractivity contribution in [3.63, 3.8) is 0 Å². The second-order valence-electron chi connectivity index (χ2n) is 6.21. The van der Waals surface area contributed by atoms with Crippen LogP contribution in [-0.2, 0) is 19.4 Å². The molecule has 1 aromatic carbocycles. The molecule has 0 bridgehead atoms. The summed E-state index contributed by atoms with van der Waals surface area (Å²) in [5.41, 5.74) is 3.32. The summed E-state index contributed by atoms with van der Waals surface area (Å²) in [7, 11) is 1.78. The molecule has 0 aliphatic rings. The van der Waals surface area contributed by atoms with Gasteiger partial charge in [-0.2, -0.15) is 0 Å². The van der Waals surface area contributed by atoms with Crippen LogP contribution in [0.15, 0.2) is 33.7 Å². The molecule has 3 aromatic rings. The van der Waals surface area contributed by atoms with Gasteiger partial charge in [-0.3, -0.25) is 4.99 Å². The third-order valence-electron chi connectivity index (χ3n) is 4.49. The van der Waals surface area contributed by atoms with E-state index in [0.29, 0.717) is 6.54 Å². The topological polar surface area (TPSA) is 62.5 Å². The third-order valence-corrected chi connectivity index (χ3v) is 5.56. The highest BCUT2D eigenvalue weighted by atomic mass is 32.1. The van der Waals surface area contributed by atoms with E-state index in [2.05, 4.69) is 47.4 Å². The number of nitrogens with zero attached hydrogens (tertiary/aromatic N) is 2. The lowest BCUT2D eigenvalue weighted by Gasteiger charge is -2.10. The van der Waals surface area contributed by atoms with Gasteiger partial charge >= 0.3 is 0 Å². The number of para-hydroxylation sites is 1. The SMILES string of the molecule is CCc1nc(CCNC(=NC)NCc2oc3ccccc3c2C)sc1C. The fourth-order valence-electron chi connectivity index (χ4n) is 2.99. The summed E-state index contributed by atoms with van der Waals surface area (Å²) in [5.74, 6) is 1.71. The summed E-state index contributed by atoms with van der Waals surface area (Å²) in [6.07, 6.45) is 1.89. The van der Waals surface area contributed by atoms with Gasteiger partial charge in [0.15, 0.2) is 5.96 Å². The van der Waals surface area contributed by atoms with Crippen LogP contribution in [0.3, 0.4) is 0 Å². The van der Waals surface area contributed by atoms with Crippen LogP contribution in [0.5, 0.6) is 0 Å². The van der Waals surface area contributed by atoms with Gasteiger partial charge in [-0.1, -0.05) is 25.1 Å². The molecular weight excluding hydrogens is 344 g/mol. The molecule has 0 amide bonds. The number of benzene rings is 1. The molecular formula is C20H26N4OS. The monoisotopic (exact) mass is 370 g/mol. The van der Waals surface area contributed by atoms with Crippen LogP contribution in [0.25, 0.3) is 11.0 Å². The molecule has 2 N–H and O–H groups in total. The number of hydrogen-bond donors (Lipinski definition) is 2. The van der Waals surface area contributed by atoms with Gasteiger partial charge in [-0.05, 0) is 26.3 Å². The van der Waals surface area contributed by atoms with Crippen molar-refractivity contribution < 1.29 is 4.42 Å². The van der Waals surface area contributed by atoms with Gasteiger partial charge in [0.25, 0.3) is 0 Å². The van der Waals surface area contributed by atoms with Crippen LogP contribution in [-0.4, -0.2) is 24.5 Å². The number of furan rings is 1. The number of aliphatic imine (C=N–C) groups is 1. The minimum absolute atomic E-state index is 0.608. The van der Waals surface area contributed by atoms with Gasteiger partial charge < -0.3 is 15.1 Å². The van der Waals surface area contributed by atoms with E-state index in [0.717, 1.165) is 42.1 Å². The zero-order chi connectivity index (χ0) is 18.5. The molecule has 5 nitrogen and oxygen atoms in total. The van der Waals surface area contributed by atoms with Crippen molar-refractivity contribution in [1.29, 1.82) is 0 Å². The van der Waals surface area contributed by atoms with Crippen molar-refractivity contribution in [2.24, 2.45) is 4.99 Å². The highest BCUT2D eigenvalue weighted by Gasteiger charge is 2.10. The van der Waals surface area contributed by atoms with Crippen LogP contribution in [0.1, 0.15) is 33.8 Å². The normalized spacial score (nSPS) is 11.9. The number of nitrogens with one attached hydrogen (secondary N) is 2. The Kier molecular flexibility index (Phi) is 5.93. The second kappa shape index (κ2) is 8.36. The molecule has 26 heavy (non-hydrogen) atoms. The first-order valence-electron chi connectivity index (χ1n) is 8.99. The summed E-state index contributed by atoms with van der Waals surface area (Å²) >= 11 is 1.79. The molecule has 0 fully saturated rings. The minimum Gasteiger partial charge on any atom is -0.459 e. The maximum Gasteiger partial charge on any atom is 0.191 e. The lowest BCUT2D eigenvalue weighted by molar-refractivity contribution is 0.534. The lowest BCUT2D eigenvalue weighted by Crippen LogP contribution is -2.37. The first-order valence-corrected chi connectivity index (χ1v) is 9.80. The number of hydrogen-bond acceptors (Lipinski definition) is 4. The quantitative estimate of drug-likeness (QED) is 0.509. The van der Waals surface area contributed by atoms with Gasteiger partial charge in [0, 0.05) is 35.8 Å². The maximum atomic E-state index is 5.94. The van der Waals surface area contributed by atoms with E-state index in [-0.39, 0.29) is 0 Å². The Morgan fingerprint density at radius 2 is 2.04 bits per heavy atom. The summed E-state index contributed by atoms with van der Waals surface area (Å²) in [6, 6.07) is 8.12. The highest BCUT2D eigenvalue weighted by molar-refractivity contribution is 7.11. The van der Waals surface area contributed by atoms with Crippen LogP contribution in [0.2, 0.25) is 0 Å². The van der Waals surface area contributed by atoms with E-state index in [1.54, 1.807) is 18.4 Å². The van der Waals surface area contributed by atoms with E-state index in [1.807, 2.05) is 18.2 Å². The van der Waals surface area contributed by atoms with Crippen molar-refractivity contribution >= 4 is 28.3 Å². The molecule has 0 spiro atoms. The molecule has 2 heterocycles. The van der Waals surface area contributed by atoms with E-state index < -0.39 is 0 Å². The third kappa shape index (κ3) is 4.07. The van der Waals surface area contributed by atoms with E-state index in [1.165, 1.54) is 21.1 Å². The Hall–Kier alpha value is -2.34. The first-order chi connectivity index (χ1) is 12.6. The largest absolute Gasteiger partial charge is 0.459 e. The number of aryl methyl sites for hydroxylation is 3. The number of rotatable bonds is 6. The molecule has 0 unspecified atom stereocenters. The van der Waals surface area contributed by atoms with Crippen molar-refractivity contribution in [2.45, 2.75) is 40.2 Å². The highest BCUT2D eigenvalue weighted by Crippen LogP contribution is 2.24. The van der Waals surface area contributed by atoms with Gasteiger partial charge in [-0.15, -0.1) is 11.3 Å². The molecule has 0 radical (unpaired) electrons. The Morgan fingerprint density at radius 1 is 1.23 bits per heavy atom. The summed E-state index contributed by atoms with van der Waals surface area (Å²) in [6.45, 7) is 7.79. The average molecular weight is 371 g/mol. The van der Waals surface area contributed by atoms with Crippen LogP contribution in [0, 0.1) is 13.8 Å². The zero-order valence-electron chi connectivity index (χ0n) is 15.8. The fraction of sp³-hybridized carbons (Fsp3) is 0.400. The molecule has 0 saturated heterocycles. The van der Waals surface area contributed by atoms with E-state index >= 15 is 0 Å². The molecule has 138 valence electrons. The Labute approximate surface area is 158 Å². The Balaban J connectivity index is 1.53. The molecule has 0 aliphatic carbocycles. The molecule has 3 rings (SSSR count). The van der Waals surface area contributed by atoms with E-state index in [9.17, 15) is 0 Å². The Morgan fingerprint density at radius 3 is 2.73 bits per heavy atom. The molecule has 2 aromatic heterocycles. The second-order valence-corrected chi connectivity index (χ2v) is 7.50. The van der Waals surface area contributed by atoms with Gasteiger partial charge in [0.05, 0.1) is 17.2 Å². The van der Waals surface area contributed by atoms with Crippen molar-refractivity contribution in [1.82, 2.24) is 15.6 Å². The van der Waals surface area contributed by atoms with Crippen molar-refractivity contribution in [3.05, 3.63) is 51.2 Å². The Bertz CT molecular complexity index is 910. The molecule has 6 heteroatoms. The number of guanidine groups is 1. The lowest BCUT2D eigenvalue weighted by atomic mass is 10.1. The van der Waals surface area contributed by atoms with Crippen LogP contribution < -0.4 is 10.6 Å². The summed E-state index contributed by atoms with van der Waals surface area (Å²) in [4.78, 5) is 10.3. The number of thiazole rings is 1. The van der Waals surface area contributed by atoms with Crippen LogP contribution in [0.4, 0.5) is 0 Å². The predicted octanol–water partition coefficient (Wildman–Crippen LogP) is 3.98. The molecule has 0 aliphatic heterocycles. The van der Waals surface area contributed by atoms with Crippen molar-refractivity contribution in [2.75, 3.05) is 13.6 Å². The van der Waals surface area contributed by atoms with Gasteiger partial charge in [-0.25, -0.2) is 4.98 Å². The summed E-state index contributed by atoms with van der Waals surface area (Å²) in [5, 5.41) is 9.02. The minimum atomic E-state index is 0.608. The number of aromatic nitrogens is 1. The van der Waals surface area contributed by atoms with Gasteiger partial charge in [0.1, 0.15) is 11.3 Å². The van der Waals surface area contributed by atoms with Crippen LogP contribution >= 0.6 is 11.3 Å². The first kappa shape index (κ1) is 18.5. The molecule has 0 saturated carbocycles. The number of fused-ring (bicyclic) bond motifs is 1.